The SMILES string of the molecule is Cc1ccc(Nc2nc(N)nc(CN3CCN(C)CC3)n2)c(C)c1. The molecule has 2 heterocycles. The number of aromatic nitrogens is 3. The smallest absolute Gasteiger partial charge is 0.232 e. The number of nitrogens with two attached hydrogens (primary N) is 1. The van der Waals surface area contributed by atoms with Crippen LogP contribution in [-0.4, -0.2) is 58.0 Å². The summed E-state index contributed by atoms with van der Waals surface area (Å²) in [7, 11) is 2.14. The second-order valence-electron chi connectivity index (χ2n) is 6.46. The van der Waals surface area contributed by atoms with Crippen LogP contribution in [0, 0.1) is 13.8 Å². The predicted octanol–water partition coefficient (Wildman–Crippen LogP) is 1.56. The van der Waals surface area contributed by atoms with E-state index in [0.29, 0.717) is 18.3 Å². The van der Waals surface area contributed by atoms with Crippen LogP contribution in [0.4, 0.5) is 17.6 Å². The molecule has 3 rings (SSSR count). The van der Waals surface area contributed by atoms with Crippen molar-refractivity contribution >= 4 is 17.6 Å². The predicted molar refractivity (Wildman–Crippen MR) is 96.2 cm³/mol. The fourth-order valence-corrected chi connectivity index (χ4v) is 2.84. The van der Waals surface area contributed by atoms with Crippen molar-refractivity contribution in [2.45, 2.75) is 20.4 Å². The van der Waals surface area contributed by atoms with Gasteiger partial charge in [0.15, 0.2) is 0 Å². The van der Waals surface area contributed by atoms with Gasteiger partial charge >= 0.3 is 0 Å². The number of benzene rings is 1. The molecular formula is C17H25N7. The van der Waals surface area contributed by atoms with Crippen molar-refractivity contribution in [3.63, 3.8) is 0 Å². The number of aryl methyl sites for hydroxylation is 2. The lowest BCUT2D eigenvalue weighted by Gasteiger charge is -2.31. The highest BCUT2D eigenvalue weighted by atomic mass is 15.3. The Kier molecular flexibility index (Phi) is 4.92. The Bertz CT molecular complexity index is 708. The maximum atomic E-state index is 5.87. The number of nitrogen functional groups attached to an aromatic ring is 1. The van der Waals surface area contributed by atoms with Gasteiger partial charge in [0.2, 0.25) is 11.9 Å². The first-order chi connectivity index (χ1) is 11.5. The van der Waals surface area contributed by atoms with E-state index in [-0.39, 0.29) is 5.95 Å². The van der Waals surface area contributed by atoms with Crippen LogP contribution in [0.1, 0.15) is 17.0 Å². The average Bonchev–Trinajstić information content (AvgIpc) is 2.52. The van der Waals surface area contributed by atoms with Gasteiger partial charge < -0.3 is 16.0 Å². The van der Waals surface area contributed by atoms with Crippen LogP contribution < -0.4 is 11.1 Å². The summed E-state index contributed by atoms with van der Waals surface area (Å²) in [6.45, 7) is 8.99. The van der Waals surface area contributed by atoms with Gasteiger partial charge in [-0.05, 0) is 32.5 Å². The van der Waals surface area contributed by atoms with E-state index >= 15 is 0 Å². The van der Waals surface area contributed by atoms with Crippen LogP contribution >= 0.6 is 0 Å². The van der Waals surface area contributed by atoms with Gasteiger partial charge in [0.25, 0.3) is 0 Å². The summed E-state index contributed by atoms with van der Waals surface area (Å²) in [5, 5.41) is 3.26. The molecule has 128 valence electrons. The normalized spacial score (nSPS) is 16.3. The lowest BCUT2D eigenvalue weighted by atomic mass is 10.1. The number of nitrogens with zero attached hydrogens (tertiary/aromatic N) is 5. The zero-order chi connectivity index (χ0) is 17.1. The number of hydrogen-bond donors (Lipinski definition) is 2. The minimum Gasteiger partial charge on any atom is -0.368 e. The van der Waals surface area contributed by atoms with Crippen LogP contribution in [0.2, 0.25) is 0 Å². The molecule has 24 heavy (non-hydrogen) atoms. The van der Waals surface area contributed by atoms with E-state index in [2.05, 4.69) is 63.1 Å². The lowest BCUT2D eigenvalue weighted by molar-refractivity contribution is 0.145. The first-order valence-corrected chi connectivity index (χ1v) is 8.25. The third kappa shape index (κ3) is 4.18. The van der Waals surface area contributed by atoms with E-state index in [0.717, 1.165) is 37.4 Å². The summed E-state index contributed by atoms with van der Waals surface area (Å²) >= 11 is 0. The summed E-state index contributed by atoms with van der Waals surface area (Å²) < 4.78 is 0. The topological polar surface area (TPSA) is 83.2 Å². The summed E-state index contributed by atoms with van der Waals surface area (Å²) in [5.41, 5.74) is 9.23. The Morgan fingerprint density at radius 2 is 1.83 bits per heavy atom. The molecule has 2 aromatic rings. The Morgan fingerprint density at radius 1 is 1.08 bits per heavy atom. The molecule has 1 fully saturated rings. The molecule has 0 unspecified atom stereocenters. The van der Waals surface area contributed by atoms with E-state index in [4.69, 9.17) is 5.73 Å². The first-order valence-electron chi connectivity index (χ1n) is 8.25. The lowest BCUT2D eigenvalue weighted by Crippen LogP contribution is -2.44. The molecule has 1 aliphatic heterocycles. The molecule has 0 saturated carbocycles. The zero-order valence-corrected chi connectivity index (χ0v) is 14.6. The van der Waals surface area contributed by atoms with Gasteiger partial charge in [-0.25, -0.2) is 0 Å². The van der Waals surface area contributed by atoms with Gasteiger partial charge in [-0.1, -0.05) is 17.7 Å². The van der Waals surface area contributed by atoms with Crippen LogP contribution in [0.5, 0.6) is 0 Å². The highest BCUT2D eigenvalue weighted by molar-refractivity contribution is 5.59. The molecule has 0 radical (unpaired) electrons. The van der Waals surface area contributed by atoms with E-state index in [9.17, 15) is 0 Å². The summed E-state index contributed by atoms with van der Waals surface area (Å²) in [6.07, 6.45) is 0. The van der Waals surface area contributed by atoms with Crippen molar-refractivity contribution in [2.75, 3.05) is 44.3 Å². The van der Waals surface area contributed by atoms with Crippen LogP contribution in [0.25, 0.3) is 0 Å². The molecule has 3 N–H and O–H groups in total. The Morgan fingerprint density at radius 3 is 2.54 bits per heavy atom. The number of rotatable bonds is 4. The molecule has 1 aliphatic rings. The second-order valence-corrected chi connectivity index (χ2v) is 6.46. The van der Waals surface area contributed by atoms with Crippen LogP contribution in [0.15, 0.2) is 18.2 Å². The summed E-state index contributed by atoms with van der Waals surface area (Å²) in [5.74, 6) is 1.46. The quantitative estimate of drug-likeness (QED) is 0.881. The standard InChI is InChI=1S/C17H25N7/c1-12-4-5-14(13(2)10-12)19-17-21-15(20-16(18)22-17)11-24-8-6-23(3)7-9-24/h4-5,10H,6-9,11H2,1-3H3,(H3,18,19,20,21,22). The molecule has 0 atom stereocenters. The van der Waals surface area contributed by atoms with Gasteiger partial charge in [0, 0.05) is 31.9 Å². The van der Waals surface area contributed by atoms with Gasteiger partial charge in [-0.2, -0.15) is 15.0 Å². The highest BCUT2D eigenvalue weighted by Gasteiger charge is 2.16. The maximum absolute atomic E-state index is 5.87. The molecule has 0 bridgehead atoms. The molecule has 7 heteroatoms. The number of hydrogen-bond acceptors (Lipinski definition) is 7. The van der Waals surface area contributed by atoms with Crippen LogP contribution in [-0.2, 0) is 6.54 Å². The van der Waals surface area contributed by atoms with Gasteiger partial charge in [0.05, 0.1) is 6.54 Å². The van der Waals surface area contributed by atoms with E-state index in [1.807, 2.05) is 6.07 Å². The largest absolute Gasteiger partial charge is 0.368 e. The molecule has 1 aromatic heterocycles. The minimum absolute atomic E-state index is 0.251. The van der Waals surface area contributed by atoms with E-state index < -0.39 is 0 Å². The molecule has 7 nitrogen and oxygen atoms in total. The molecule has 1 saturated heterocycles. The number of piperazine rings is 1. The zero-order valence-electron chi connectivity index (χ0n) is 14.6. The van der Waals surface area contributed by atoms with Crippen LogP contribution in [0.3, 0.4) is 0 Å². The van der Waals surface area contributed by atoms with E-state index in [1.165, 1.54) is 5.56 Å². The van der Waals surface area contributed by atoms with Crippen molar-refractivity contribution in [1.82, 2.24) is 24.8 Å². The Balaban J connectivity index is 1.73. The number of anilines is 3. The monoisotopic (exact) mass is 327 g/mol. The average molecular weight is 327 g/mol. The van der Waals surface area contributed by atoms with Crippen molar-refractivity contribution in [1.29, 1.82) is 0 Å². The van der Waals surface area contributed by atoms with Crippen molar-refractivity contribution in [3.8, 4) is 0 Å². The summed E-state index contributed by atoms with van der Waals surface area (Å²) in [4.78, 5) is 17.7. The van der Waals surface area contributed by atoms with Crippen molar-refractivity contribution in [2.24, 2.45) is 0 Å². The van der Waals surface area contributed by atoms with Crippen molar-refractivity contribution < 1.29 is 0 Å². The Labute approximate surface area is 142 Å². The second kappa shape index (κ2) is 7.11. The molecule has 0 aliphatic carbocycles. The van der Waals surface area contributed by atoms with E-state index in [1.54, 1.807) is 0 Å². The molecular weight excluding hydrogens is 302 g/mol. The molecule has 0 amide bonds. The highest BCUT2D eigenvalue weighted by Crippen LogP contribution is 2.20. The molecule has 0 spiro atoms. The fraction of sp³-hybridized carbons (Fsp3) is 0.471. The number of nitrogens with one attached hydrogen (secondary N) is 1. The van der Waals surface area contributed by atoms with Gasteiger partial charge in [-0.15, -0.1) is 0 Å². The fourth-order valence-electron chi connectivity index (χ4n) is 2.84. The van der Waals surface area contributed by atoms with Gasteiger partial charge in [0.1, 0.15) is 5.82 Å². The first kappa shape index (κ1) is 16.6. The third-order valence-electron chi connectivity index (χ3n) is 4.29. The third-order valence-corrected chi connectivity index (χ3v) is 4.29. The molecule has 1 aromatic carbocycles. The minimum atomic E-state index is 0.251. The number of likely N-dealkylation sites (N-methyl/N-ethyl adjacent to an activating group) is 1. The maximum Gasteiger partial charge on any atom is 0.232 e. The van der Waals surface area contributed by atoms with Crippen molar-refractivity contribution in [3.05, 3.63) is 35.2 Å². The summed E-state index contributed by atoms with van der Waals surface area (Å²) in [6, 6.07) is 6.22. The Hall–Kier alpha value is -2.25. The van der Waals surface area contributed by atoms with Gasteiger partial charge in [-0.3, -0.25) is 4.90 Å².